The van der Waals surface area contributed by atoms with Crippen LogP contribution in [-0.4, -0.2) is 31.2 Å². The van der Waals surface area contributed by atoms with E-state index in [9.17, 15) is 4.79 Å². The summed E-state index contributed by atoms with van der Waals surface area (Å²) in [6.07, 6.45) is 1.96. The van der Waals surface area contributed by atoms with Gasteiger partial charge in [0.1, 0.15) is 0 Å². The lowest BCUT2D eigenvalue weighted by atomic mass is 10.2. The van der Waals surface area contributed by atoms with Crippen molar-refractivity contribution in [3.8, 4) is 0 Å². The molecule has 6 heteroatoms. The molecule has 0 radical (unpaired) electrons. The van der Waals surface area contributed by atoms with Gasteiger partial charge in [-0.3, -0.25) is 5.01 Å². The molecule has 2 rings (SSSR count). The van der Waals surface area contributed by atoms with E-state index in [1.807, 2.05) is 29.3 Å². The van der Waals surface area contributed by atoms with Gasteiger partial charge in [0.15, 0.2) is 0 Å². The van der Waals surface area contributed by atoms with Crippen LogP contribution >= 0.6 is 27.5 Å². The van der Waals surface area contributed by atoms with E-state index in [0.29, 0.717) is 17.2 Å². The molecule has 102 valence electrons. The second-order valence-electron chi connectivity index (χ2n) is 4.12. The minimum Gasteiger partial charge on any atom is -0.462 e. The Labute approximate surface area is 125 Å². The summed E-state index contributed by atoms with van der Waals surface area (Å²) in [5, 5.41) is 4.36. The van der Waals surface area contributed by atoms with E-state index in [4.69, 9.17) is 16.3 Å². The highest BCUT2D eigenvalue weighted by molar-refractivity contribution is 9.11. The second-order valence-corrected chi connectivity index (χ2v) is 5.55. The van der Waals surface area contributed by atoms with Gasteiger partial charge in [-0.05, 0) is 25.1 Å². The van der Waals surface area contributed by atoms with Gasteiger partial charge in [-0.1, -0.05) is 27.5 Å². The number of carbonyl (C=O) groups excluding carboxylic acids is 1. The highest BCUT2D eigenvalue weighted by Gasteiger charge is 2.20. The molecule has 0 saturated heterocycles. The van der Waals surface area contributed by atoms with E-state index in [0.717, 1.165) is 16.7 Å². The lowest BCUT2D eigenvalue weighted by Crippen LogP contribution is -2.31. The predicted octanol–water partition coefficient (Wildman–Crippen LogP) is 3.42. The van der Waals surface area contributed by atoms with E-state index >= 15 is 0 Å². The van der Waals surface area contributed by atoms with Crippen LogP contribution in [0.5, 0.6) is 0 Å². The maximum Gasteiger partial charge on any atom is 0.339 e. The molecule has 0 unspecified atom stereocenters. The molecule has 19 heavy (non-hydrogen) atoms. The third-order valence-electron chi connectivity index (χ3n) is 2.72. The topological polar surface area (TPSA) is 32.8 Å². The summed E-state index contributed by atoms with van der Waals surface area (Å²) in [6, 6.07) is 5.31. The Morgan fingerprint density at radius 3 is 2.84 bits per heavy atom. The number of likely N-dealkylation sites (N-methyl/N-ethyl adjacent to an activating group) is 1. The van der Waals surface area contributed by atoms with Gasteiger partial charge in [0.25, 0.3) is 0 Å². The summed E-state index contributed by atoms with van der Waals surface area (Å²) < 4.78 is 6.07. The van der Waals surface area contributed by atoms with E-state index < -0.39 is 5.97 Å². The summed E-state index contributed by atoms with van der Waals surface area (Å²) >= 11 is 9.50. The van der Waals surface area contributed by atoms with Gasteiger partial charge in [-0.25, -0.2) is 9.80 Å². The molecule has 1 heterocycles. The molecule has 1 aliphatic rings. The van der Waals surface area contributed by atoms with Crippen LogP contribution in [0, 0.1) is 0 Å². The number of carbonyl (C=O) groups is 1. The van der Waals surface area contributed by atoms with Gasteiger partial charge in [-0.2, -0.15) is 0 Å². The average molecular weight is 346 g/mol. The molecule has 1 aromatic rings. The highest BCUT2D eigenvalue weighted by Crippen LogP contribution is 2.29. The fourth-order valence-electron chi connectivity index (χ4n) is 1.86. The first kappa shape index (κ1) is 14.4. The number of benzene rings is 1. The number of hydrogen-bond donors (Lipinski definition) is 0. The van der Waals surface area contributed by atoms with Crippen molar-refractivity contribution in [2.24, 2.45) is 0 Å². The fourth-order valence-corrected chi connectivity index (χ4v) is 2.61. The number of esters is 1. The Balaban J connectivity index is 2.33. The Morgan fingerprint density at radius 2 is 2.26 bits per heavy atom. The van der Waals surface area contributed by atoms with Crippen molar-refractivity contribution in [2.45, 2.75) is 6.92 Å². The molecule has 0 atom stereocenters. The molecule has 0 aromatic heterocycles. The van der Waals surface area contributed by atoms with E-state index in [1.54, 1.807) is 19.1 Å². The van der Waals surface area contributed by atoms with Crippen molar-refractivity contribution in [1.82, 2.24) is 5.01 Å². The molecular formula is C13H14BrClN2O2. The summed E-state index contributed by atoms with van der Waals surface area (Å²) in [4.78, 5) is 11.8. The van der Waals surface area contributed by atoms with Crippen molar-refractivity contribution in [3.05, 3.63) is 39.5 Å². The Kier molecular flexibility index (Phi) is 4.50. The van der Waals surface area contributed by atoms with Crippen molar-refractivity contribution in [3.63, 3.8) is 0 Å². The minimum absolute atomic E-state index is 0.328. The van der Waals surface area contributed by atoms with Gasteiger partial charge < -0.3 is 4.74 Å². The lowest BCUT2D eigenvalue weighted by molar-refractivity contribution is 0.0526. The summed E-state index contributed by atoms with van der Waals surface area (Å²) in [7, 11) is 1.96. The number of nitrogens with zero attached hydrogens (tertiary/aromatic N) is 2. The number of halogens is 2. The largest absolute Gasteiger partial charge is 0.462 e. The molecule has 0 bridgehead atoms. The standard InChI is InChI=1S/C13H14BrClN2O2/c1-3-19-13(18)11-6-10(4-5-12(11)15)17-8-9(14)7-16(17)2/h4-6,8H,3,7H2,1-2H3. The van der Waals surface area contributed by atoms with Gasteiger partial charge in [0.05, 0.1) is 29.4 Å². The Bertz CT molecular complexity index is 533. The van der Waals surface area contributed by atoms with Crippen LogP contribution < -0.4 is 5.01 Å². The zero-order valence-electron chi connectivity index (χ0n) is 10.7. The third-order valence-corrected chi connectivity index (χ3v) is 3.51. The van der Waals surface area contributed by atoms with Crippen molar-refractivity contribution in [2.75, 3.05) is 25.2 Å². The lowest BCUT2D eigenvalue weighted by Gasteiger charge is -2.25. The summed E-state index contributed by atoms with van der Waals surface area (Å²) in [5.74, 6) is -0.403. The quantitative estimate of drug-likeness (QED) is 0.786. The molecule has 0 aliphatic carbocycles. The van der Waals surface area contributed by atoms with Crippen LogP contribution in [0.15, 0.2) is 28.9 Å². The van der Waals surface area contributed by atoms with Gasteiger partial charge >= 0.3 is 5.97 Å². The summed E-state index contributed by atoms with van der Waals surface area (Å²) in [5.41, 5.74) is 1.25. The first-order valence-corrected chi connectivity index (χ1v) is 7.03. The molecule has 1 aromatic carbocycles. The van der Waals surface area contributed by atoms with Crippen LogP contribution in [0.1, 0.15) is 17.3 Å². The van der Waals surface area contributed by atoms with E-state index in [1.165, 1.54) is 0 Å². The Hall–Kier alpha value is -1.04. The van der Waals surface area contributed by atoms with Crippen LogP contribution in [-0.2, 0) is 4.74 Å². The molecule has 0 saturated carbocycles. The van der Waals surface area contributed by atoms with Crippen molar-refractivity contribution >= 4 is 39.2 Å². The molecule has 0 fully saturated rings. The van der Waals surface area contributed by atoms with Crippen LogP contribution in [0.2, 0.25) is 5.02 Å². The van der Waals surface area contributed by atoms with Crippen LogP contribution in [0.25, 0.3) is 0 Å². The maximum atomic E-state index is 11.8. The predicted molar refractivity (Wildman–Crippen MR) is 79.5 cm³/mol. The monoisotopic (exact) mass is 344 g/mol. The van der Waals surface area contributed by atoms with Crippen molar-refractivity contribution in [1.29, 1.82) is 0 Å². The minimum atomic E-state index is -0.403. The smallest absolute Gasteiger partial charge is 0.339 e. The Morgan fingerprint density at radius 1 is 1.53 bits per heavy atom. The molecule has 1 aliphatic heterocycles. The first-order chi connectivity index (χ1) is 9.02. The van der Waals surface area contributed by atoms with Crippen LogP contribution in [0.3, 0.4) is 0 Å². The van der Waals surface area contributed by atoms with Crippen molar-refractivity contribution < 1.29 is 9.53 Å². The number of rotatable bonds is 3. The summed E-state index contributed by atoms with van der Waals surface area (Å²) in [6.45, 7) is 2.88. The fraction of sp³-hybridized carbons (Fsp3) is 0.308. The molecule has 0 amide bonds. The first-order valence-electron chi connectivity index (χ1n) is 5.86. The number of ether oxygens (including phenoxy) is 1. The number of hydrazine groups is 1. The molecule has 0 N–H and O–H groups in total. The zero-order chi connectivity index (χ0) is 14.0. The van der Waals surface area contributed by atoms with Gasteiger partial charge in [-0.15, -0.1) is 0 Å². The van der Waals surface area contributed by atoms with E-state index in [-0.39, 0.29) is 0 Å². The highest BCUT2D eigenvalue weighted by atomic mass is 79.9. The second kappa shape index (κ2) is 5.94. The van der Waals surface area contributed by atoms with Gasteiger partial charge in [0.2, 0.25) is 0 Å². The maximum absolute atomic E-state index is 11.8. The van der Waals surface area contributed by atoms with E-state index in [2.05, 4.69) is 15.9 Å². The molecular weight excluding hydrogens is 332 g/mol. The zero-order valence-corrected chi connectivity index (χ0v) is 13.0. The SMILES string of the molecule is CCOC(=O)c1cc(N2C=C(Br)CN2C)ccc1Cl. The molecule has 0 spiro atoms. The average Bonchev–Trinajstić information content (AvgIpc) is 2.69. The normalized spacial score (nSPS) is 15.6. The number of hydrogen-bond acceptors (Lipinski definition) is 4. The van der Waals surface area contributed by atoms with Gasteiger partial charge in [0, 0.05) is 17.7 Å². The third kappa shape index (κ3) is 3.11. The number of anilines is 1. The molecule has 4 nitrogen and oxygen atoms in total. The van der Waals surface area contributed by atoms with Crippen LogP contribution in [0.4, 0.5) is 5.69 Å².